The molecule has 0 radical (unpaired) electrons. The second kappa shape index (κ2) is 7.95. The van der Waals surface area contributed by atoms with Crippen LogP contribution < -0.4 is 0 Å². The van der Waals surface area contributed by atoms with Crippen molar-refractivity contribution in [1.29, 1.82) is 0 Å². The SMILES string of the molecule is Cc1ccccc1C(O)CCCCN1CC(C)CC(C)C1. The van der Waals surface area contributed by atoms with Gasteiger partial charge in [0.2, 0.25) is 0 Å². The fourth-order valence-corrected chi connectivity index (χ4v) is 3.76. The lowest BCUT2D eigenvalue weighted by Crippen LogP contribution is -2.39. The van der Waals surface area contributed by atoms with E-state index in [-0.39, 0.29) is 6.10 Å². The third-order valence-electron chi connectivity index (χ3n) is 4.69. The van der Waals surface area contributed by atoms with E-state index in [1.54, 1.807) is 0 Å². The lowest BCUT2D eigenvalue weighted by molar-refractivity contribution is 0.131. The standard InChI is InChI=1S/C19H31NO/c1-15-12-16(2)14-20(13-15)11-7-6-10-19(21)18-9-5-4-8-17(18)3/h4-5,8-9,15-16,19,21H,6-7,10-14H2,1-3H3. The highest BCUT2D eigenvalue weighted by Gasteiger charge is 2.21. The highest BCUT2D eigenvalue weighted by Crippen LogP contribution is 2.24. The Hall–Kier alpha value is -0.860. The first-order valence-corrected chi connectivity index (χ1v) is 8.52. The van der Waals surface area contributed by atoms with E-state index in [9.17, 15) is 5.11 Å². The van der Waals surface area contributed by atoms with Crippen LogP contribution in [-0.2, 0) is 0 Å². The van der Waals surface area contributed by atoms with Crippen LogP contribution in [0.5, 0.6) is 0 Å². The number of hydrogen-bond acceptors (Lipinski definition) is 2. The minimum absolute atomic E-state index is 0.301. The molecule has 2 heteroatoms. The second-order valence-corrected chi connectivity index (χ2v) is 7.07. The van der Waals surface area contributed by atoms with Crippen LogP contribution in [0.4, 0.5) is 0 Å². The van der Waals surface area contributed by atoms with Crippen LogP contribution in [0.1, 0.15) is 56.8 Å². The van der Waals surface area contributed by atoms with Gasteiger partial charge < -0.3 is 10.0 Å². The van der Waals surface area contributed by atoms with Gasteiger partial charge in [0, 0.05) is 13.1 Å². The zero-order chi connectivity index (χ0) is 15.2. The first-order chi connectivity index (χ1) is 10.1. The number of piperidine rings is 1. The summed E-state index contributed by atoms with van der Waals surface area (Å²) in [6, 6.07) is 8.18. The number of unbranched alkanes of at least 4 members (excludes halogenated alkanes) is 1. The Bertz CT molecular complexity index is 421. The lowest BCUT2D eigenvalue weighted by atomic mass is 9.91. The van der Waals surface area contributed by atoms with Crippen LogP contribution in [0, 0.1) is 18.8 Å². The molecule has 0 saturated carbocycles. The summed E-state index contributed by atoms with van der Waals surface area (Å²) in [4.78, 5) is 2.61. The summed E-state index contributed by atoms with van der Waals surface area (Å²) in [6.45, 7) is 10.5. The Labute approximate surface area is 130 Å². The minimum atomic E-state index is -0.301. The van der Waals surface area contributed by atoms with Crippen LogP contribution in [0.3, 0.4) is 0 Å². The first-order valence-electron chi connectivity index (χ1n) is 8.52. The van der Waals surface area contributed by atoms with Gasteiger partial charge in [-0.05, 0) is 62.1 Å². The van der Waals surface area contributed by atoms with Crippen molar-refractivity contribution in [3.05, 3.63) is 35.4 Å². The molecule has 2 rings (SSSR count). The number of rotatable bonds is 6. The smallest absolute Gasteiger partial charge is 0.0792 e. The van der Waals surface area contributed by atoms with E-state index in [2.05, 4.69) is 31.7 Å². The number of hydrogen-bond donors (Lipinski definition) is 1. The fraction of sp³-hybridized carbons (Fsp3) is 0.684. The van der Waals surface area contributed by atoms with E-state index in [4.69, 9.17) is 0 Å². The van der Waals surface area contributed by atoms with Crippen LogP contribution in [0.2, 0.25) is 0 Å². The molecule has 0 amide bonds. The zero-order valence-electron chi connectivity index (χ0n) is 13.9. The first kappa shape index (κ1) is 16.5. The Morgan fingerprint density at radius 2 is 1.81 bits per heavy atom. The van der Waals surface area contributed by atoms with E-state index in [0.29, 0.717) is 0 Å². The van der Waals surface area contributed by atoms with Gasteiger partial charge in [-0.15, -0.1) is 0 Å². The van der Waals surface area contributed by atoms with Crippen LogP contribution >= 0.6 is 0 Å². The minimum Gasteiger partial charge on any atom is -0.388 e. The maximum Gasteiger partial charge on any atom is 0.0792 e. The Kier molecular flexibility index (Phi) is 6.25. The molecule has 1 aromatic carbocycles. The van der Waals surface area contributed by atoms with Gasteiger partial charge in [-0.25, -0.2) is 0 Å². The van der Waals surface area contributed by atoms with E-state index in [0.717, 1.165) is 30.2 Å². The van der Waals surface area contributed by atoms with Crippen molar-refractivity contribution >= 4 is 0 Å². The third kappa shape index (κ3) is 5.12. The molecule has 1 N–H and O–H groups in total. The molecule has 0 bridgehead atoms. The molecule has 3 atom stereocenters. The van der Waals surface area contributed by atoms with Crippen molar-refractivity contribution in [3.8, 4) is 0 Å². The number of likely N-dealkylation sites (tertiary alicyclic amines) is 1. The monoisotopic (exact) mass is 289 g/mol. The van der Waals surface area contributed by atoms with Gasteiger partial charge in [-0.2, -0.15) is 0 Å². The van der Waals surface area contributed by atoms with Gasteiger partial charge >= 0.3 is 0 Å². The molecule has 1 fully saturated rings. The number of nitrogens with zero attached hydrogens (tertiary/aromatic N) is 1. The van der Waals surface area contributed by atoms with Crippen molar-refractivity contribution in [2.24, 2.45) is 11.8 Å². The zero-order valence-corrected chi connectivity index (χ0v) is 13.9. The molecule has 118 valence electrons. The highest BCUT2D eigenvalue weighted by molar-refractivity contribution is 5.27. The average molecular weight is 289 g/mol. The van der Waals surface area contributed by atoms with E-state index < -0.39 is 0 Å². The number of aryl methyl sites for hydroxylation is 1. The van der Waals surface area contributed by atoms with E-state index >= 15 is 0 Å². The molecule has 1 aliphatic rings. The summed E-state index contributed by atoms with van der Waals surface area (Å²) in [7, 11) is 0. The van der Waals surface area contributed by atoms with Crippen molar-refractivity contribution in [1.82, 2.24) is 4.90 Å². The molecular weight excluding hydrogens is 258 g/mol. The topological polar surface area (TPSA) is 23.5 Å². The normalized spacial score (nSPS) is 25.0. The van der Waals surface area contributed by atoms with Crippen molar-refractivity contribution < 1.29 is 5.11 Å². The van der Waals surface area contributed by atoms with Gasteiger partial charge in [0.25, 0.3) is 0 Å². The van der Waals surface area contributed by atoms with Crippen molar-refractivity contribution in [2.75, 3.05) is 19.6 Å². The fourth-order valence-electron chi connectivity index (χ4n) is 3.76. The molecule has 1 heterocycles. The molecule has 21 heavy (non-hydrogen) atoms. The summed E-state index contributed by atoms with van der Waals surface area (Å²) in [6.07, 6.45) is 4.26. The Balaban J connectivity index is 1.69. The number of aliphatic hydroxyl groups excluding tert-OH is 1. The number of benzene rings is 1. The predicted octanol–water partition coefficient (Wildman–Crippen LogP) is 4.18. The summed E-state index contributed by atoms with van der Waals surface area (Å²) < 4.78 is 0. The molecule has 1 aliphatic heterocycles. The van der Waals surface area contributed by atoms with E-state index in [1.807, 2.05) is 18.2 Å². The van der Waals surface area contributed by atoms with Gasteiger partial charge in [0.1, 0.15) is 0 Å². The van der Waals surface area contributed by atoms with Crippen LogP contribution in [0.25, 0.3) is 0 Å². The lowest BCUT2D eigenvalue weighted by Gasteiger charge is -2.35. The maximum atomic E-state index is 10.3. The average Bonchev–Trinajstić information content (AvgIpc) is 2.43. The van der Waals surface area contributed by atoms with Crippen molar-refractivity contribution in [2.45, 2.75) is 52.6 Å². The molecule has 1 saturated heterocycles. The van der Waals surface area contributed by atoms with Gasteiger partial charge in [-0.1, -0.05) is 38.1 Å². The summed E-state index contributed by atoms with van der Waals surface area (Å²) in [5.41, 5.74) is 2.29. The Morgan fingerprint density at radius 1 is 1.14 bits per heavy atom. The molecule has 0 aliphatic carbocycles. The predicted molar refractivity (Wildman–Crippen MR) is 89.4 cm³/mol. The van der Waals surface area contributed by atoms with Crippen molar-refractivity contribution in [3.63, 3.8) is 0 Å². The molecular formula is C19H31NO. The van der Waals surface area contributed by atoms with Gasteiger partial charge in [0.05, 0.1) is 6.10 Å². The number of aliphatic hydroxyl groups is 1. The van der Waals surface area contributed by atoms with E-state index in [1.165, 1.54) is 38.0 Å². The molecule has 1 aromatic rings. The van der Waals surface area contributed by atoms with Gasteiger partial charge in [0.15, 0.2) is 0 Å². The van der Waals surface area contributed by atoms with Crippen LogP contribution in [0.15, 0.2) is 24.3 Å². The highest BCUT2D eigenvalue weighted by atomic mass is 16.3. The maximum absolute atomic E-state index is 10.3. The molecule has 2 nitrogen and oxygen atoms in total. The largest absolute Gasteiger partial charge is 0.388 e. The summed E-state index contributed by atoms with van der Waals surface area (Å²) in [5.74, 6) is 1.68. The molecule has 0 spiro atoms. The Morgan fingerprint density at radius 3 is 2.48 bits per heavy atom. The molecule has 3 unspecified atom stereocenters. The van der Waals surface area contributed by atoms with Crippen LogP contribution in [-0.4, -0.2) is 29.6 Å². The second-order valence-electron chi connectivity index (χ2n) is 7.07. The summed E-state index contributed by atoms with van der Waals surface area (Å²) >= 11 is 0. The molecule has 0 aromatic heterocycles. The quantitative estimate of drug-likeness (QED) is 0.794. The van der Waals surface area contributed by atoms with Gasteiger partial charge in [-0.3, -0.25) is 0 Å². The summed E-state index contributed by atoms with van der Waals surface area (Å²) in [5, 5.41) is 10.3. The third-order valence-corrected chi connectivity index (χ3v) is 4.69.